The fourth-order valence-corrected chi connectivity index (χ4v) is 2.61. The maximum Gasteiger partial charge on any atom is 0.259 e. The Morgan fingerprint density at radius 3 is 2.57 bits per heavy atom. The number of carbonyl (C=O) groups excluding carboxylic acids is 2. The van der Waals surface area contributed by atoms with Gasteiger partial charge in [0.25, 0.3) is 11.8 Å². The third kappa shape index (κ3) is 5.29. The molecule has 2 aromatic rings. The second-order valence-corrected chi connectivity index (χ2v) is 6.66. The zero-order valence-corrected chi connectivity index (χ0v) is 16.2. The number of halogens is 3. The van der Waals surface area contributed by atoms with E-state index in [2.05, 4.69) is 63.6 Å². The van der Waals surface area contributed by atoms with Crippen molar-refractivity contribution in [2.45, 2.75) is 0 Å². The molecule has 2 N–H and O–H groups in total. The SMILES string of the molecule is O=C(CNC(=O)c1ccccc1Br)N/N=C/c1cc(Br)c(Br)o1. The number of benzene rings is 1. The minimum Gasteiger partial charge on any atom is -0.447 e. The van der Waals surface area contributed by atoms with Crippen molar-refractivity contribution in [3.8, 4) is 0 Å². The van der Waals surface area contributed by atoms with Crippen LogP contribution in [-0.2, 0) is 4.79 Å². The maximum absolute atomic E-state index is 11.9. The van der Waals surface area contributed by atoms with Gasteiger partial charge in [-0.05, 0) is 59.9 Å². The summed E-state index contributed by atoms with van der Waals surface area (Å²) in [6.45, 7) is -0.191. The molecule has 0 atom stereocenters. The fourth-order valence-electron chi connectivity index (χ4n) is 1.54. The summed E-state index contributed by atoms with van der Waals surface area (Å²) in [6, 6.07) is 8.63. The summed E-state index contributed by atoms with van der Waals surface area (Å²) in [5.74, 6) is -0.344. The lowest BCUT2D eigenvalue weighted by atomic mass is 10.2. The van der Waals surface area contributed by atoms with Crippen LogP contribution < -0.4 is 10.7 Å². The molecule has 23 heavy (non-hydrogen) atoms. The third-order valence-corrected chi connectivity index (χ3v) is 4.97. The maximum atomic E-state index is 11.9. The van der Waals surface area contributed by atoms with Gasteiger partial charge in [0.15, 0.2) is 4.67 Å². The first-order valence-electron chi connectivity index (χ1n) is 6.27. The zero-order chi connectivity index (χ0) is 16.8. The van der Waals surface area contributed by atoms with Crippen LogP contribution in [0.15, 0.2) is 53.5 Å². The predicted octanol–water partition coefficient (Wildman–Crippen LogP) is 3.45. The van der Waals surface area contributed by atoms with E-state index in [-0.39, 0.29) is 12.5 Å². The summed E-state index contributed by atoms with van der Waals surface area (Å²) in [7, 11) is 0. The zero-order valence-electron chi connectivity index (χ0n) is 11.5. The summed E-state index contributed by atoms with van der Waals surface area (Å²) in [5, 5.41) is 6.25. The molecule has 6 nitrogen and oxygen atoms in total. The number of furan rings is 1. The summed E-state index contributed by atoms with van der Waals surface area (Å²) in [4.78, 5) is 23.5. The highest BCUT2D eigenvalue weighted by molar-refractivity contribution is 9.13. The second kappa shape index (κ2) is 8.42. The van der Waals surface area contributed by atoms with Crippen molar-refractivity contribution < 1.29 is 14.0 Å². The Morgan fingerprint density at radius 2 is 1.91 bits per heavy atom. The lowest BCUT2D eigenvalue weighted by Gasteiger charge is -2.05. The van der Waals surface area contributed by atoms with Crippen LogP contribution in [0.3, 0.4) is 0 Å². The lowest BCUT2D eigenvalue weighted by molar-refractivity contribution is -0.120. The Morgan fingerprint density at radius 1 is 1.17 bits per heavy atom. The van der Waals surface area contributed by atoms with Gasteiger partial charge in [-0.25, -0.2) is 5.43 Å². The van der Waals surface area contributed by atoms with E-state index >= 15 is 0 Å². The molecule has 0 unspecified atom stereocenters. The van der Waals surface area contributed by atoms with Gasteiger partial charge < -0.3 is 9.73 Å². The van der Waals surface area contributed by atoms with Crippen molar-refractivity contribution in [2.24, 2.45) is 5.10 Å². The first-order chi connectivity index (χ1) is 11.0. The third-order valence-electron chi connectivity index (χ3n) is 2.57. The molecule has 0 bridgehead atoms. The molecule has 0 aliphatic heterocycles. The molecule has 0 aliphatic rings. The molecule has 9 heteroatoms. The summed E-state index contributed by atoms with van der Waals surface area (Å²) >= 11 is 9.73. The largest absolute Gasteiger partial charge is 0.447 e. The number of hydrogen-bond acceptors (Lipinski definition) is 4. The average Bonchev–Trinajstić information content (AvgIpc) is 2.83. The van der Waals surface area contributed by atoms with Crippen LogP contribution >= 0.6 is 47.8 Å². The quantitative estimate of drug-likeness (QED) is 0.480. The van der Waals surface area contributed by atoms with Gasteiger partial charge in [-0.3, -0.25) is 9.59 Å². The highest BCUT2D eigenvalue weighted by Crippen LogP contribution is 2.25. The van der Waals surface area contributed by atoms with E-state index in [1.54, 1.807) is 30.3 Å². The second-order valence-electron chi connectivity index (χ2n) is 4.23. The van der Waals surface area contributed by atoms with E-state index in [0.717, 1.165) is 4.47 Å². The lowest BCUT2D eigenvalue weighted by Crippen LogP contribution is -2.35. The number of hydrogen-bond donors (Lipinski definition) is 2. The Balaban J connectivity index is 1.81. The molecule has 1 aromatic carbocycles. The highest BCUT2D eigenvalue weighted by Gasteiger charge is 2.10. The smallest absolute Gasteiger partial charge is 0.259 e. The van der Waals surface area contributed by atoms with Crippen LogP contribution in [-0.4, -0.2) is 24.6 Å². The van der Waals surface area contributed by atoms with Crippen molar-refractivity contribution >= 4 is 65.8 Å². The van der Waals surface area contributed by atoms with Crippen LogP contribution in [0, 0.1) is 0 Å². The van der Waals surface area contributed by atoms with E-state index < -0.39 is 5.91 Å². The average molecular weight is 508 g/mol. The van der Waals surface area contributed by atoms with Crippen molar-refractivity contribution in [2.75, 3.05) is 6.54 Å². The fraction of sp³-hybridized carbons (Fsp3) is 0.0714. The van der Waals surface area contributed by atoms with Crippen LogP contribution in [0.4, 0.5) is 0 Å². The number of carbonyl (C=O) groups is 2. The summed E-state index contributed by atoms with van der Waals surface area (Å²) < 4.78 is 7.19. The number of amides is 2. The van der Waals surface area contributed by atoms with Gasteiger partial charge in [-0.2, -0.15) is 5.10 Å². The van der Waals surface area contributed by atoms with Crippen molar-refractivity contribution in [1.29, 1.82) is 0 Å². The van der Waals surface area contributed by atoms with Crippen molar-refractivity contribution in [3.05, 3.63) is 55.3 Å². The number of hydrazone groups is 1. The van der Waals surface area contributed by atoms with Crippen LogP contribution in [0.2, 0.25) is 0 Å². The first kappa shape index (κ1) is 17.9. The molecular formula is C14H10Br3N3O3. The van der Waals surface area contributed by atoms with Gasteiger partial charge in [0, 0.05) is 10.5 Å². The molecule has 2 amide bonds. The summed E-state index contributed by atoms with van der Waals surface area (Å²) in [6.07, 6.45) is 1.35. The molecule has 0 aliphatic carbocycles. The normalized spacial score (nSPS) is 10.7. The number of nitrogens with zero attached hydrogens (tertiary/aromatic N) is 1. The van der Waals surface area contributed by atoms with E-state index in [1.165, 1.54) is 6.21 Å². The molecular weight excluding hydrogens is 498 g/mol. The number of rotatable bonds is 5. The molecule has 0 spiro atoms. The summed E-state index contributed by atoms with van der Waals surface area (Å²) in [5.41, 5.74) is 2.75. The standard InChI is InChI=1S/C14H10Br3N3O3/c15-10-4-2-1-3-9(10)14(22)18-7-12(21)20-19-6-8-5-11(16)13(17)23-8/h1-6H,7H2,(H,18,22)(H,20,21)/b19-6+. The van der Waals surface area contributed by atoms with E-state index in [1.807, 2.05) is 0 Å². The van der Waals surface area contributed by atoms with Crippen LogP contribution in [0.25, 0.3) is 0 Å². The van der Waals surface area contributed by atoms with E-state index in [0.29, 0.717) is 20.5 Å². The molecule has 0 saturated carbocycles. The first-order valence-corrected chi connectivity index (χ1v) is 8.64. The molecule has 2 rings (SSSR count). The van der Waals surface area contributed by atoms with Crippen LogP contribution in [0.5, 0.6) is 0 Å². The van der Waals surface area contributed by atoms with Crippen LogP contribution in [0.1, 0.15) is 16.1 Å². The molecule has 0 radical (unpaired) electrons. The Kier molecular flexibility index (Phi) is 6.55. The molecule has 0 saturated heterocycles. The molecule has 1 aromatic heterocycles. The highest BCUT2D eigenvalue weighted by atomic mass is 79.9. The van der Waals surface area contributed by atoms with Gasteiger partial charge in [-0.1, -0.05) is 12.1 Å². The number of nitrogens with one attached hydrogen (secondary N) is 2. The minimum absolute atomic E-state index is 0.191. The van der Waals surface area contributed by atoms with Gasteiger partial charge in [0.2, 0.25) is 0 Å². The predicted molar refractivity (Wildman–Crippen MR) is 96.3 cm³/mol. The molecule has 0 fully saturated rings. The van der Waals surface area contributed by atoms with Gasteiger partial charge in [-0.15, -0.1) is 0 Å². The monoisotopic (exact) mass is 505 g/mol. The van der Waals surface area contributed by atoms with E-state index in [4.69, 9.17) is 4.42 Å². The molecule has 1 heterocycles. The topological polar surface area (TPSA) is 83.7 Å². The van der Waals surface area contributed by atoms with Gasteiger partial charge >= 0.3 is 0 Å². The Bertz CT molecular complexity index is 739. The van der Waals surface area contributed by atoms with Crippen molar-refractivity contribution in [1.82, 2.24) is 10.7 Å². The minimum atomic E-state index is -0.452. The van der Waals surface area contributed by atoms with Gasteiger partial charge in [0.05, 0.1) is 22.8 Å². The van der Waals surface area contributed by atoms with E-state index in [9.17, 15) is 9.59 Å². The Labute approximate surface area is 157 Å². The Hall–Kier alpha value is -1.45. The molecule has 120 valence electrons. The van der Waals surface area contributed by atoms with Gasteiger partial charge in [0.1, 0.15) is 5.76 Å². The van der Waals surface area contributed by atoms with Crippen molar-refractivity contribution in [3.63, 3.8) is 0 Å².